The first-order valence-electron chi connectivity index (χ1n) is 3.58. The summed E-state index contributed by atoms with van der Waals surface area (Å²) in [5.74, 6) is -3.19. The fraction of sp³-hybridized carbons (Fsp3) is 0.125. The van der Waals surface area contributed by atoms with Crippen molar-refractivity contribution in [2.45, 2.75) is 6.92 Å². The van der Waals surface area contributed by atoms with Gasteiger partial charge in [-0.25, -0.2) is 4.39 Å². The van der Waals surface area contributed by atoms with E-state index in [4.69, 9.17) is 0 Å². The number of nitro groups is 1. The number of nitrogens with zero attached hydrogens (tertiary/aromatic N) is 1. The summed E-state index contributed by atoms with van der Waals surface area (Å²) in [7, 11) is 0. The second-order valence-corrected chi connectivity index (χ2v) is 2.57. The third-order valence-corrected chi connectivity index (χ3v) is 1.61. The van der Waals surface area contributed by atoms with Crippen LogP contribution in [0.5, 0.6) is 0 Å². The molecule has 0 spiro atoms. The Labute approximate surface area is 77.3 Å². The molecule has 74 valence electrons. The van der Waals surface area contributed by atoms with E-state index in [9.17, 15) is 23.7 Å². The van der Waals surface area contributed by atoms with Crippen LogP contribution < -0.4 is 0 Å². The molecular formula is C8H5F2NO3. The van der Waals surface area contributed by atoms with Crippen LogP contribution in [-0.4, -0.2) is 10.7 Å². The molecule has 0 unspecified atom stereocenters. The lowest BCUT2D eigenvalue weighted by Crippen LogP contribution is -2.05. The number of carbonyl (C=O) groups is 1. The largest absolute Gasteiger partial charge is 0.318 e. The Morgan fingerprint density at radius 1 is 1.36 bits per heavy atom. The van der Waals surface area contributed by atoms with Crippen molar-refractivity contribution >= 4 is 11.5 Å². The lowest BCUT2D eigenvalue weighted by atomic mass is 10.1. The monoisotopic (exact) mass is 201 g/mol. The Bertz CT molecular complexity index is 378. The first kappa shape index (κ1) is 10.2. The second kappa shape index (κ2) is 3.49. The molecule has 6 heteroatoms. The van der Waals surface area contributed by atoms with Crippen molar-refractivity contribution in [2.24, 2.45) is 0 Å². The average Bonchev–Trinajstić information content (AvgIpc) is 2.07. The molecule has 0 N–H and O–H groups in total. The predicted molar refractivity (Wildman–Crippen MR) is 43.0 cm³/mol. The van der Waals surface area contributed by atoms with Gasteiger partial charge in [0.25, 0.3) is 0 Å². The van der Waals surface area contributed by atoms with Crippen LogP contribution in [0.3, 0.4) is 0 Å². The van der Waals surface area contributed by atoms with Gasteiger partial charge in [0.1, 0.15) is 11.4 Å². The summed E-state index contributed by atoms with van der Waals surface area (Å²) >= 11 is 0. The summed E-state index contributed by atoms with van der Waals surface area (Å²) in [6.45, 7) is 0.935. The van der Waals surface area contributed by atoms with Crippen LogP contribution in [0.15, 0.2) is 12.1 Å². The quantitative estimate of drug-likeness (QED) is 0.418. The van der Waals surface area contributed by atoms with Crippen molar-refractivity contribution in [1.82, 2.24) is 0 Å². The van der Waals surface area contributed by atoms with Crippen LogP contribution in [0.2, 0.25) is 0 Å². The maximum Gasteiger partial charge on any atom is 0.318 e. The highest BCUT2D eigenvalue weighted by Gasteiger charge is 2.26. The predicted octanol–water partition coefficient (Wildman–Crippen LogP) is 2.08. The van der Waals surface area contributed by atoms with Crippen molar-refractivity contribution in [2.75, 3.05) is 0 Å². The average molecular weight is 201 g/mol. The summed E-state index contributed by atoms with van der Waals surface area (Å²) in [4.78, 5) is 20.1. The van der Waals surface area contributed by atoms with Crippen molar-refractivity contribution < 1.29 is 18.5 Å². The number of benzene rings is 1. The maximum absolute atomic E-state index is 12.9. The van der Waals surface area contributed by atoms with E-state index in [1.54, 1.807) is 0 Å². The van der Waals surface area contributed by atoms with Gasteiger partial charge in [-0.05, 0) is 19.1 Å². The van der Waals surface area contributed by atoms with Gasteiger partial charge in [0.2, 0.25) is 5.82 Å². The first-order chi connectivity index (χ1) is 6.45. The molecule has 0 bridgehead atoms. The normalized spacial score (nSPS) is 9.93. The zero-order valence-electron chi connectivity index (χ0n) is 7.08. The van der Waals surface area contributed by atoms with Gasteiger partial charge in [0.05, 0.1) is 4.92 Å². The smallest absolute Gasteiger partial charge is 0.294 e. The van der Waals surface area contributed by atoms with Gasteiger partial charge in [-0.15, -0.1) is 0 Å². The topological polar surface area (TPSA) is 60.2 Å². The van der Waals surface area contributed by atoms with Crippen molar-refractivity contribution in [3.05, 3.63) is 39.4 Å². The van der Waals surface area contributed by atoms with Crippen LogP contribution >= 0.6 is 0 Å². The van der Waals surface area contributed by atoms with Crippen LogP contribution in [0.1, 0.15) is 17.3 Å². The van der Waals surface area contributed by atoms with Gasteiger partial charge in [0.15, 0.2) is 5.78 Å². The van der Waals surface area contributed by atoms with Crippen molar-refractivity contribution in [1.29, 1.82) is 0 Å². The van der Waals surface area contributed by atoms with Gasteiger partial charge in [-0.1, -0.05) is 0 Å². The zero-order chi connectivity index (χ0) is 10.9. The number of hydrogen-bond acceptors (Lipinski definition) is 3. The molecule has 0 fully saturated rings. The highest BCUT2D eigenvalue weighted by Crippen LogP contribution is 2.25. The summed E-state index contributed by atoms with van der Waals surface area (Å²) < 4.78 is 25.8. The first-order valence-corrected chi connectivity index (χ1v) is 3.58. The summed E-state index contributed by atoms with van der Waals surface area (Å²) in [5, 5.41) is 10.3. The highest BCUT2D eigenvalue weighted by molar-refractivity contribution is 5.98. The number of nitro benzene ring substituents is 1. The molecule has 0 aliphatic heterocycles. The highest BCUT2D eigenvalue weighted by atomic mass is 19.1. The lowest BCUT2D eigenvalue weighted by molar-refractivity contribution is -0.388. The van der Waals surface area contributed by atoms with Gasteiger partial charge in [-0.2, -0.15) is 4.39 Å². The molecule has 0 heterocycles. The lowest BCUT2D eigenvalue weighted by Gasteiger charge is -2.00. The Balaban J connectivity index is 3.58. The van der Waals surface area contributed by atoms with Crippen molar-refractivity contribution in [3.8, 4) is 0 Å². The molecule has 0 atom stereocenters. The summed E-state index contributed by atoms with van der Waals surface area (Å²) in [5.41, 5.74) is -1.94. The Morgan fingerprint density at radius 3 is 2.21 bits per heavy atom. The molecule has 0 amide bonds. The van der Waals surface area contributed by atoms with E-state index in [-0.39, 0.29) is 0 Å². The zero-order valence-corrected chi connectivity index (χ0v) is 7.08. The molecule has 1 aromatic carbocycles. The molecular weight excluding hydrogens is 196 g/mol. The number of hydrogen-bond donors (Lipinski definition) is 0. The molecule has 1 rings (SSSR count). The summed E-state index contributed by atoms with van der Waals surface area (Å²) in [6.07, 6.45) is 0. The standard InChI is InChI=1S/C8H5F2NO3/c1-4(12)7-5(9)2-3-6(10)8(7)11(13)14/h2-3H,1H3. The molecule has 0 saturated carbocycles. The van der Waals surface area contributed by atoms with Gasteiger partial charge < -0.3 is 0 Å². The van der Waals surface area contributed by atoms with Gasteiger partial charge in [0, 0.05) is 0 Å². The molecule has 0 radical (unpaired) electrons. The van der Waals surface area contributed by atoms with Gasteiger partial charge in [-0.3, -0.25) is 14.9 Å². The Kier molecular flexibility index (Phi) is 2.55. The van der Waals surface area contributed by atoms with E-state index in [1.807, 2.05) is 0 Å². The SMILES string of the molecule is CC(=O)c1c(F)ccc(F)c1[N+](=O)[O-]. The molecule has 14 heavy (non-hydrogen) atoms. The number of Topliss-reactive ketones (excluding diaryl/α,β-unsaturated/α-hetero) is 1. The third kappa shape index (κ3) is 1.59. The minimum Gasteiger partial charge on any atom is -0.294 e. The minimum absolute atomic E-state index is 0.611. The van der Waals surface area contributed by atoms with E-state index < -0.39 is 33.6 Å². The van der Waals surface area contributed by atoms with Crippen molar-refractivity contribution in [3.63, 3.8) is 0 Å². The Morgan fingerprint density at radius 2 is 1.86 bits per heavy atom. The van der Waals surface area contributed by atoms with E-state index in [0.717, 1.165) is 6.92 Å². The van der Waals surface area contributed by atoms with E-state index >= 15 is 0 Å². The second-order valence-electron chi connectivity index (χ2n) is 2.57. The van der Waals surface area contributed by atoms with Crippen LogP contribution in [0, 0.1) is 21.7 Å². The molecule has 0 aliphatic carbocycles. The molecule has 0 saturated heterocycles. The number of carbonyl (C=O) groups excluding carboxylic acids is 1. The van der Waals surface area contributed by atoms with Gasteiger partial charge >= 0.3 is 5.69 Å². The molecule has 4 nitrogen and oxygen atoms in total. The van der Waals surface area contributed by atoms with Crippen LogP contribution in [0.4, 0.5) is 14.5 Å². The number of rotatable bonds is 2. The van der Waals surface area contributed by atoms with Crippen LogP contribution in [-0.2, 0) is 0 Å². The third-order valence-electron chi connectivity index (χ3n) is 1.61. The maximum atomic E-state index is 12.9. The fourth-order valence-corrected chi connectivity index (χ4v) is 1.05. The van der Waals surface area contributed by atoms with E-state index in [0.29, 0.717) is 12.1 Å². The summed E-state index contributed by atoms with van der Waals surface area (Å²) in [6, 6.07) is 1.29. The molecule has 0 aliphatic rings. The molecule has 1 aromatic rings. The Hall–Kier alpha value is -1.85. The number of halogens is 2. The van der Waals surface area contributed by atoms with E-state index in [1.165, 1.54) is 0 Å². The van der Waals surface area contributed by atoms with E-state index in [2.05, 4.69) is 0 Å². The van der Waals surface area contributed by atoms with Crippen LogP contribution in [0.25, 0.3) is 0 Å². The molecule has 0 aromatic heterocycles. The number of ketones is 1. The fourth-order valence-electron chi connectivity index (χ4n) is 1.05. The minimum atomic E-state index is -1.22.